The quantitative estimate of drug-likeness (QED) is 0.525. The zero-order chi connectivity index (χ0) is 19.3. The Labute approximate surface area is 167 Å². The van der Waals surface area contributed by atoms with E-state index in [-0.39, 0.29) is 18.6 Å². The fraction of sp³-hybridized carbons (Fsp3) is 0.227. The molecule has 0 saturated heterocycles. The van der Waals surface area contributed by atoms with E-state index in [0.29, 0.717) is 0 Å². The zero-order valence-corrected chi connectivity index (χ0v) is 16.1. The number of benzene rings is 2. The topological polar surface area (TPSA) is 68.3 Å². The number of ether oxygens (including phenoxy) is 1. The maximum Gasteiger partial charge on any atom is 0.331 e. The SMILES string of the molecule is O=C(COC(=O)C=Cc1nc2ccccc2s1)NC1CCCc2ccccc21. The van der Waals surface area contributed by atoms with Gasteiger partial charge in [0.05, 0.1) is 16.3 Å². The maximum absolute atomic E-state index is 12.2. The molecule has 0 saturated carbocycles. The molecule has 3 aromatic rings. The number of aromatic nitrogens is 1. The van der Waals surface area contributed by atoms with Crippen molar-refractivity contribution in [2.24, 2.45) is 0 Å². The molecule has 0 fully saturated rings. The largest absolute Gasteiger partial charge is 0.452 e. The summed E-state index contributed by atoms with van der Waals surface area (Å²) in [6.45, 7) is -0.290. The van der Waals surface area contributed by atoms with Crippen LogP contribution in [0.25, 0.3) is 16.3 Å². The van der Waals surface area contributed by atoms with E-state index in [1.807, 2.05) is 42.5 Å². The first kappa shape index (κ1) is 18.4. The highest BCUT2D eigenvalue weighted by Gasteiger charge is 2.21. The molecule has 1 aliphatic carbocycles. The second kappa shape index (κ2) is 8.35. The second-order valence-corrected chi connectivity index (χ2v) is 7.73. The van der Waals surface area contributed by atoms with E-state index < -0.39 is 5.97 Å². The van der Waals surface area contributed by atoms with Crippen molar-refractivity contribution >= 4 is 39.5 Å². The van der Waals surface area contributed by atoms with Gasteiger partial charge < -0.3 is 10.1 Å². The Bertz CT molecular complexity index is 1010. The van der Waals surface area contributed by atoms with Gasteiger partial charge in [0.1, 0.15) is 5.01 Å². The minimum Gasteiger partial charge on any atom is -0.452 e. The van der Waals surface area contributed by atoms with Gasteiger partial charge in [0.15, 0.2) is 6.61 Å². The summed E-state index contributed by atoms with van der Waals surface area (Å²) in [5.74, 6) is -0.845. The van der Waals surface area contributed by atoms with E-state index in [9.17, 15) is 9.59 Å². The number of rotatable bonds is 5. The van der Waals surface area contributed by atoms with Gasteiger partial charge in [0, 0.05) is 6.08 Å². The molecule has 0 radical (unpaired) electrons. The first-order valence-electron chi connectivity index (χ1n) is 9.26. The molecule has 5 nitrogen and oxygen atoms in total. The third-order valence-electron chi connectivity index (χ3n) is 4.72. The molecular weight excluding hydrogens is 372 g/mol. The van der Waals surface area contributed by atoms with Gasteiger partial charge in [0.25, 0.3) is 5.91 Å². The molecule has 1 unspecified atom stereocenters. The van der Waals surface area contributed by atoms with Crippen LogP contribution in [-0.4, -0.2) is 23.5 Å². The van der Waals surface area contributed by atoms with Gasteiger partial charge in [0.2, 0.25) is 0 Å². The van der Waals surface area contributed by atoms with E-state index in [1.54, 1.807) is 6.08 Å². The molecule has 142 valence electrons. The van der Waals surface area contributed by atoms with Gasteiger partial charge >= 0.3 is 5.97 Å². The van der Waals surface area contributed by atoms with Crippen molar-refractivity contribution in [1.82, 2.24) is 10.3 Å². The molecule has 0 aliphatic heterocycles. The molecule has 1 amide bonds. The first-order valence-corrected chi connectivity index (χ1v) is 10.1. The normalized spacial score (nSPS) is 16.1. The highest BCUT2D eigenvalue weighted by Crippen LogP contribution is 2.29. The smallest absolute Gasteiger partial charge is 0.331 e. The van der Waals surface area contributed by atoms with E-state index in [1.165, 1.54) is 23.0 Å². The van der Waals surface area contributed by atoms with Crippen molar-refractivity contribution in [3.8, 4) is 0 Å². The Morgan fingerprint density at radius 3 is 2.89 bits per heavy atom. The molecule has 1 aliphatic rings. The highest BCUT2D eigenvalue weighted by molar-refractivity contribution is 7.19. The molecule has 4 rings (SSSR count). The molecule has 28 heavy (non-hydrogen) atoms. The zero-order valence-electron chi connectivity index (χ0n) is 15.3. The number of para-hydroxylation sites is 1. The van der Waals surface area contributed by atoms with E-state index in [4.69, 9.17) is 4.74 Å². The molecular formula is C22H20N2O3S. The molecule has 0 spiro atoms. The number of amides is 1. The molecule has 0 bridgehead atoms. The predicted molar refractivity (Wildman–Crippen MR) is 110 cm³/mol. The van der Waals surface area contributed by atoms with Crippen molar-refractivity contribution < 1.29 is 14.3 Å². The van der Waals surface area contributed by atoms with Crippen LogP contribution in [0.3, 0.4) is 0 Å². The van der Waals surface area contributed by atoms with Crippen LogP contribution in [0.5, 0.6) is 0 Å². The number of carbonyl (C=O) groups excluding carboxylic acids is 2. The second-order valence-electron chi connectivity index (χ2n) is 6.67. The van der Waals surface area contributed by atoms with Crippen LogP contribution in [0.4, 0.5) is 0 Å². The monoisotopic (exact) mass is 392 g/mol. The average molecular weight is 392 g/mol. The van der Waals surface area contributed by atoms with Gasteiger partial charge in [-0.2, -0.15) is 0 Å². The third kappa shape index (κ3) is 4.28. The lowest BCUT2D eigenvalue weighted by molar-refractivity contribution is -0.144. The summed E-state index contributed by atoms with van der Waals surface area (Å²) >= 11 is 1.50. The number of thiazole rings is 1. The number of nitrogens with one attached hydrogen (secondary N) is 1. The fourth-order valence-electron chi connectivity index (χ4n) is 3.43. The number of nitrogens with zero attached hydrogens (tertiary/aromatic N) is 1. The lowest BCUT2D eigenvalue weighted by Gasteiger charge is -2.26. The standard InChI is InChI=1S/C22H20N2O3S/c25-20(23-17-10-5-7-15-6-1-2-8-16(15)17)14-27-22(26)13-12-21-24-18-9-3-4-11-19(18)28-21/h1-4,6,8-9,11-13,17H,5,7,10,14H2,(H,23,25). The van der Waals surface area contributed by atoms with Crippen molar-refractivity contribution in [2.75, 3.05) is 6.61 Å². The average Bonchev–Trinajstić information content (AvgIpc) is 3.14. The number of esters is 1. The molecule has 1 N–H and O–H groups in total. The summed E-state index contributed by atoms with van der Waals surface area (Å²) in [4.78, 5) is 28.5. The maximum atomic E-state index is 12.2. The number of aryl methyl sites for hydroxylation is 1. The van der Waals surface area contributed by atoms with Crippen LogP contribution in [0.1, 0.15) is 35.0 Å². The Morgan fingerprint density at radius 1 is 1.18 bits per heavy atom. The van der Waals surface area contributed by atoms with Crippen molar-refractivity contribution in [3.05, 3.63) is 70.7 Å². The lowest BCUT2D eigenvalue weighted by Crippen LogP contribution is -2.34. The predicted octanol–water partition coefficient (Wildman–Crippen LogP) is 4.05. The van der Waals surface area contributed by atoms with Gasteiger partial charge in [-0.3, -0.25) is 4.79 Å². The molecule has 1 atom stereocenters. The molecule has 1 heterocycles. The van der Waals surface area contributed by atoms with Crippen molar-refractivity contribution in [3.63, 3.8) is 0 Å². The van der Waals surface area contributed by atoms with Gasteiger partial charge in [-0.1, -0.05) is 36.4 Å². The Kier molecular flexibility index (Phi) is 5.48. The number of hydrogen-bond donors (Lipinski definition) is 1. The fourth-order valence-corrected chi connectivity index (χ4v) is 4.30. The molecule has 6 heteroatoms. The van der Waals surface area contributed by atoms with E-state index >= 15 is 0 Å². The van der Waals surface area contributed by atoms with E-state index in [2.05, 4.69) is 16.4 Å². The van der Waals surface area contributed by atoms with E-state index in [0.717, 1.165) is 40.1 Å². The summed E-state index contributed by atoms with van der Waals surface area (Å²) in [7, 11) is 0. The highest BCUT2D eigenvalue weighted by atomic mass is 32.1. The van der Waals surface area contributed by atoms with Gasteiger partial charge in [-0.15, -0.1) is 11.3 Å². The van der Waals surface area contributed by atoms with Crippen molar-refractivity contribution in [2.45, 2.75) is 25.3 Å². The lowest BCUT2D eigenvalue weighted by atomic mass is 9.88. The van der Waals surface area contributed by atoms with Crippen LogP contribution in [-0.2, 0) is 20.7 Å². The third-order valence-corrected chi connectivity index (χ3v) is 5.72. The van der Waals surface area contributed by atoms with Crippen LogP contribution < -0.4 is 5.32 Å². The minimum absolute atomic E-state index is 0.0190. The summed E-state index contributed by atoms with van der Waals surface area (Å²) < 4.78 is 6.13. The summed E-state index contributed by atoms with van der Waals surface area (Å²) in [5, 5.41) is 3.69. The summed E-state index contributed by atoms with van der Waals surface area (Å²) in [6, 6.07) is 15.9. The number of hydrogen-bond acceptors (Lipinski definition) is 5. The summed E-state index contributed by atoms with van der Waals surface area (Å²) in [5.41, 5.74) is 3.33. The van der Waals surface area contributed by atoms with Gasteiger partial charge in [-0.25, -0.2) is 9.78 Å². The van der Waals surface area contributed by atoms with Crippen molar-refractivity contribution in [1.29, 1.82) is 0 Å². The Hall–Kier alpha value is -2.99. The molecule has 2 aromatic carbocycles. The Balaban J connectivity index is 1.29. The number of carbonyl (C=O) groups is 2. The van der Waals surface area contributed by atoms with Crippen LogP contribution in [0.2, 0.25) is 0 Å². The first-order chi connectivity index (χ1) is 13.7. The van der Waals surface area contributed by atoms with Gasteiger partial charge in [-0.05, 0) is 48.6 Å². The van der Waals surface area contributed by atoms with Crippen LogP contribution in [0.15, 0.2) is 54.6 Å². The van der Waals surface area contributed by atoms with Crippen LogP contribution >= 0.6 is 11.3 Å². The summed E-state index contributed by atoms with van der Waals surface area (Å²) in [6.07, 6.45) is 5.89. The molecule has 1 aromatic heterocycles. The van der Waals surface area contributed by atoms with Crippen LogP contribution in [0, 0.1) is 0 Å². The number of fused-ring (bicyclic) bond motifs is 2. The minimum atomic E-state index is -0.557. The Morgan fingerprint density at radius 2 is 2.00 bits per heavy atom.